The number of likely N-dealkylation sites (tertiary alicyclic amines) is 1. The number of aromatic nitrogens is 2. The number of carbonyl (C=O) groups excluding carboxylic acids is 1. The zero-order valence-electron chi connectivity index (χ0n) is 10.4. The number of hydrogen-bond acceptors (Lipinski definition) is 2. The van der Waals surface area contributed by atoms with Crippen LogP contribution in [0.5, 0.6) is 0 Å². The Hall–Kier alpha value is -1.81. The minimum Gasteiger partial charge on any atom is -0.317 e. The predicted octanol–water partition coefficient (Wildman–Crippen LogP) is 3.34. The first kappa shape index (κ1) is 12.2. The van der Waals surface area contributed by atoms with E-state index in [1.54, 1.807) is 12.4 Å². The fourth-order valence-corrected chi connectivity index (χ4v) is 2.78. The Bertz CT molecular complexity index is 582. The van der Waals surface area contributed by atoms with E-state index in [9.17, 15) is 4.79 Å². The van der Waals surface area contributed by atoms with Crippen molar-refractivity contribution < 1.29 is 4.79 Å². The summed E-state index contributed by atoms with van der Waals surface area (Å²) in [7, 11) is 0. The Kier molecular flexibility index (Phi) is 3.25. The van der Waals surface area contributed by atoms with Crippen LogP contribution in [0.4, 0.5) is 4.79 Å². The molecular formula is C14H14ClN3O. The highest BCUT2D eigenvalue weighted by Crippen LogP contribution is 2.33. The molecule has 19 heavy (non-hydrogen) atoms. The second kappa shape index (κ2) is 5.05. The van der Waals surface area contributed by atoms with Crippen molar-refractivity contribution in [3.8, 4) is 0 Å². The number of halogens is 1. The lowest BCUT2D eigenvalue weighted by Crippen LogP contribution is -2.33. The number of benzene rings is 1. The molecule has 4 nitrogen and oxygen atoms in total. The highest BCUT2D eigenvalue weighted by Gasteiger charge is 2.30. The monoisotopic (exact) mass is 275 g/mol. The van der Waals surface area contributed by atoms with Crippen LogP contribution in [0.25, 0.3) is 0 Å². The van der Waals surface area contributed by atoms with Gasteiger partial charge in [-0.15, -0.1) is 0 Å². The van der Waals surface area contributed by atoms with Crippen molar-refractivity contribution in [2.24, 2.45) is 0 Å². The number of amides is 1. The Morgan fingerprint density at radius 1 is 1.42 bits per heavy atom. The average Bonchev–Trinajstić information content (AvgIpc) is 3.09. The first-order chi connectivity index (χ1) is 9.25. The van der Waals surface area contributed by atoms with E-state index in [1.165, 1.54) is 10.9 Å². The van der Waals surface area contributed by atoms with Crippen LogP contribution in [-0.2, 0) is 0 Å². The molecule has 0 radical (unpaired) electrons. The van der Waals surface area contributed by atoms with Crippen molar-refractivity contribution in [1.29, 1.82) is 0 Å². The molecule has 1 fully saturated rings. The number of imidazole rings is 1. The lowest BCUT2D eigenvalue weighted by molar-refractivity contribution is 0.194. The molecule has 0 N–H and O–H groups in total. The molecule has 0 bridgehead atoms. The van der Waals surface area contributed by atoms with Crippen molar-refractivity contribution in [3.63, 3.8) is 0 Å². The fraction of sp³-hybridized carbons (Fsp3) is 0.286. The Morgan fingerprint density at radius 2 is 2.32 bits per heavy atom. The third kappa shape index (κ3) is 2.36. The zero-order valence-corrected chi connectivity index (χ0v) is 11.1. The number of carbonyl (C=O) groups is 1. The molecule has 3 rings (SSSR count). The summed E-state index contributed by atoms with van der Waals surface area (Å²) in [6.45, 7) is 0.772. The maximum atomic E-state index is 12.4. The highest BCUT2D eigenvalue weighted by atomic mass is 35.5. The van der Waals surface area contributed by atoms with Gasteiger partial charge in [0.1, 0.15) is 6.33 Å². The molecule has 1 aromatic heterocycles. The summed E-state index contributed by atoms with van der Waals surface area (Å²) in [5.74, 6) is 0. The van der Waals surface area contributed by atoms with Crippen molar-refractivity contribution >= 4 is 17.6 Å². The van der Waals surface area contributed by atoms with Gasteiger partial charge in [0.05, 0.1) is 6.04 Å². The van der Waals surface area contributed by atoms with Gasteiger partial charge in [0.15, 0.2) is 0 Å². The summed E-state index contributed by atoms with van der Waals surface area (Å²) >= 11 is 6.03. The van der Waals surface area contributed by atoms with Gasteiger partial charge < -0.3 is 4.90 Å². The van der Waals surface area contributed by atoms with Crippen molar-refractivity contribution in [2.45, 2.75) is 18.9 Å². The maximum Gasteiger partial charge on any atom is 0.329 e. The third-order valence-electron chi connectivity index (χ3n) is 3.46. The van der Waals surface area contributed by atoms with E-state index in [1.807, 2.05) is 29.2 Å². The Labute approximate surface area is 116 Å². The summed E-state index contributed by atoms with van der Waals surface area (Å²) < 4.78 is 1.52. The lowest BCUT2D eigenvalue weighted by Gasteiger charge is -2.25. The predicted molar refractivity (Wildman–Crippen MR) is 73.2 cm³/mol. The second-order valence-electron chi connectivity index (χ2n) is 4.66. The zero-order chi connectivity index (χ0) is 13.2. The van der Waals surface area contributed by atoms with E-state index in [-0.39, 0.29) is 12.1 Å². The van der Waals surface area contributed by atoms with Gasteiger partial charge in [-0.05, 0) is 30.5 Å². The van der Waals surface area contributed by atoms with E-state index in [0.717, 1.165) is 24.9 Å². The van der Waals surface area contributed by atoms with Gasteiger partial charge in [-0.25, -0.2) is 9.78 Å². The Morgan fingerprint density at radius 3 is 3.05 bits per heavy atom. The molecule has 1 saturated heterocycles. The van der Waals surface area contributed by atoms with Crippen molar-refractivity contribution in [2.75, 3.05) is 6.54 Å². The van der Waals surface area contributed by atoms with E-state index < -0.39 is 0 Å². The summed E-state index contributed by atoms with van der Waals surface area (Å²) in [6, 6.07) is 7.81. The largest absolute Gasteiger partial charge is 0.329 e. The molecular weight excluding hydrogens is 262 g/mol. The molecule has 1 aromatic carbocycles. The van der Waals surface area contributed by atoms with Crippen LogP contribution in [0, 0.1) is 0 Å². The van der Waals surface area contributed by atoms with Crippen LogP contribution in [0.1, 0.15) is 24.4 Å². The lowest BCUT2D eigenvalue weighted by atomic mass is 10.1. The van der Waals surface area contributed by atoms with Crippen LogP contribution in [0.15, 0.2) is 43.0 Å². The van der Waals surface area contributed by atoms with Gasteiger partial charge in [-0.1, -0.05) is 23.7 Å². The van der Waals surface area contributed by atoms with Gasteiger partial charge >= 0.3 is 6.03 Å². The van der Waals surface area contributed by atoms with Gasteiger partial charge in [0, 0.05) is 24.0 Å². The second-order valence-corrected chi connectivity index (χ2v) is 5.10. The molecule has 1 aliphatic heterocycles. The molecule has 1 amide bonds. The van der Waals surface area contributed by atoms with E-state index in [0.29, 0.717) is 5.02 Å². The highest BCUT2D eigenvalue weighted by molar-refractivity contribution is 6.30. The van der Waals surface area contributed by atoms with E-state index in [4.69, 9.17) is 11.6 Å². The minimum atomic E-state index is -0.0278. The average molecular weight is 276 g/mol. The molecule has 0 spiro atoms. The summed E-state index contributed by atoms with van der Waals surface area (Å²) in [4.78, 5) is 18.2. The molecule has 0 saturated carbocycles. The molecule has 0 aliphatic carbocycles. The smallest absolute Gasteiger partial charge is 0.317 e. The molecule has 5 heteroatoms. The van der Waals surface area contributed by atoms with Gasteiger partial charge in [0.25, 0.3) is 0 Å². The van der Waals surface area contributed by atoms with Gasteiger partial charge in [-0.3, -0.25) is 4.57 Å². The topological polar surface area (TPSA) is 38.1 Å². The van der Waals surface area contributed by atoms with Crippen LogP contribution in [0.3, 0.4) is 0 Å². The third-order valence-corrected chi connectivity index (χ3v) is 3.69. The molecule has 2 heterocycles. The van der Waals surface area contributed by atoms with Gasteiger partial charge in [-0.2, -0.15) is 0 Å². The number of hydrogen-bond donors (Lipinski definition) is 0. The molecule has 1 aliphatic rings. The summed E-state index contributed by atoms with van der Waals surface area (Å²) in [5.41, 5.74) is 1.10. The first-order valence-electron chi connectivity index (χ1n) is 6.30. The van der Waals surface area contributed by atoms with Crippen LogP contribution in [0.2, 0.25) is 5.02 Å². The molecule has 2 aromatic rings. The first-order valence-corrected chi connectivity index (χ1v) is 6.68. The normalized spacial score (nSPS) is 18.8. The van der Waals surface area contributed by atoms with Crippen molar-refractivity contribution in [1.82, 2.24) is 14.5 Å². The van der Waals surface area contributed by atoms with Crippen LogP contribution in [-0.4, -0.2) is 27.0 Å². The SMILES string of the molecule is O=C(N1CCCC1c1cccc(Cl)c1)n1ccnc1. The molecule has 98 valence electrons. The van der Waals surface area contributed by atoms with Crippen molar-refractivity contribution in [3.05, 3.63) is 53.6 Å². The summed E-state index contributed by atoms with van der Waals surface area (Å²) in [6.07, 6.45) is 6.81. The maximum absolute atomic E-state index is 12.4. The van der Waals surface area contributed by atoms with E-state index >= 15 is 0 Å². The van der Waals surface area contributed by atoms with Crippen LogP contribution < -0.4 is 0 Å². The molecule has 1 unspecified atom stereocenters. The van der Waals surface area contributed by atoms with Gasteiger partial charge in [0.2, 0.25) is 0 Å². The fourth-order valence-electron chi connectivity index (χ4n) is 2.58. The van der Waals surface area contributed by atoms with E-state index in [2.05, 4.69) is 4.98 Å². The quantitative estimate of drug-likeness (QED) is 0.800. The number of nitrogens with zero attached hydrogens (tertiary/aromatic N) is 3. The minimum absolute atomic E-state index is 0.0278. The molecule has 1 atom stereocenters. The number of rotatable bonds is 1. The summed E-state index contributed by atoms with van der Waals surface area (Å²) in [5, 5.41) is 0.708. The Balaban J connectivity index is 1.88. The van der Waals surface area contributed by atoms with Crippen LogP contribution >= 0.6 is 11.6 Å². The standard InChI is InChI=1S/C14H14ClN3O/c15-12-4-1-3-11(9-12)13-5-2-7-18(13)14(19)17-8-6-16-10-17/h1,3-4,6,8-10,13H,2,5,7H2.